The maximum atomic E-state index is 14.7. The standard InChI is InChI=1S/C20H24F2N6O.C19H20F2N6O.C18H18ClFN6O.C18H20ClFN6O.C18H20F2N6O/c1-3-20(29,4-2)15-11-28(9-8-23-15)19-14(22)10-13(21)17(25-19)16-12-6-5-7-24-18(12)27-26-16;20-12-9-13(21)18(27-8-7-22-14(10-27)19(28)4-2-5-19)24-16(12)15-11-3-1-6-23-17(11)26-25-15;19-11-8-12(20)15(14-10-2-1-5-22-16(10)25-24-14)23-17(11)26-7-6-21-13(9-26)18(27)3-4-18;1-18(2,27)13-9-26(7-6-21-13)17-11(19)8-12(20)15(23-17)14-10-4-3-5-22-16(10)25-24-14;1-18(2,27)13-9-26(7-6-21-13)17-12(20)8-11(19)15(23-17)14-10-4-3-5-22-16(10)25-24-14/h5-7,10,15,23,29H,3-4,8-9,11H2,1-2H3,(H,24,26,27);1,3,6,9,14,22,28H,2,4-5,7-8,10H2,(H,23,25,26);1-2,5,8,13,21,27H,3-4,6-7,9H2,(H,22,24,25);2*3-5,8,13,21,27H,6-7,9H2,1-2H3,(H,22,24,25)/t15-;;3*13-/m0.000/s1. The average molecular weight is 1940 g/mol. The second-order valence-corrected chi connectivity index (χ2v) is 37.2. The van der Waals surface area contributed by atoms with Gasteiger partial charge >= 0.3 is 0 Å². The fraction of sp³-hybridized carbons (Fsp3) is 0.409. The van der Waals surface area contributed by atoms with Gasteiger partial charge in [-0.05, 0) is 145 Å². The van der Waals surface area contributed by atoms with Crippen LogP contribution in [-0.2, 0) is 0 Å². The van der Waals surface area contributed by atoms with Gasteiger partial charge in [-0.1, -0.05) is 37.0 Å². The van der Waals surface area contributed by atoms with Gasteiger partial charge in [0.15, 0.2) is 92.2 Å². The van der Waals surface area contributed by atoms with E-state index in [9.17, 15) is 60.7 Å². The van der Waals surface area contributed by atoms with Crippen LogP contribution in [0.1, 0.15) is 86.5 Å². The smallest absolute Gasteiger partial charge is 0.181 e. The van der Waals surface area contributed by atoms with Gasteiger partial charge in [-0.2, -0.15) is 25.5 Å². The maximum absolute atomic E-state index is 14.7. The third-order valence-corrected chi connectivity index (χ3v) is 27.2. The summed E-state index contributed by atoms with van der Waals surface area (Å²) in [6, 6.07) is 21.8. The number of halogens is 10. The summed E-state index contributed by atoms with van der Waals surface area (Å²) in [5.41, 5.74) is 0.409. The Morgan fingerprint density at radius 3 is 0.884 bits per heavy atom. The SMILES string of the molecule is CC(C)(O)[C@@H]1CN(c2nc(-c3[nH]nc4ncccc34)c(F)cc2Cl)CCN1.CC(C)(O)[C@@H]1CN(c2nc(-c3[nH]nc4ncccc34)c(F)cc2F)CCN1.CCC(O)(CC)[C@@H]1CN(c2nc(-c3[nH]nc4ncccc34)c(F)cc2F)CCN1.OC1(C2CN(c3nc(-c4[nH]nc5ncccc45)c(F)cc3F)CCN2)CCC1.OC1([C@@H]2CN(c3nc(-c4[nH]nc5ncccc45)c(F)cc3Cl)CCN2)CC1. The molecule has 0 aromatic carbocycles. The number of nitrogens with zero attached hydrogens (tertiary/aromatic N) is 20. The van der Waals surface area contributed by atoms with Crippen molar-refractivity contribution in [2.24, 2.45) is 0 Å². The van der Waals surface area contributed by atoms with Crippen LogP contribution in [0.3, 0.4) is 0 Å². The third-order valence-electron chi connectivity index (χ3n) is 26.6. The molecule has 15 aromatic heterocycles. The zero-order valence-electron chi connectivity index (χ0n) is 76.0. The Hall–Kier alpha value is -12.5. The largest absolute Gasteiger partial charge is 0.389 e. The molecule has 22 rings (SSSR count). The number of fused-ring (bicyclic) bond motifs is 5. The number of nitrogens with one attached hydrogen (secondary N) is 10. The molecule has 5 atom stereocenters. The van der Waals surface area contributed by atoms with Crippen molar-refractivity contribution in [3.8, 4) is 56.9 Å². The number of hydrogen-bond acceptors (Lipinski definition) is 30. The fourth-order valence-corrected chi connectivity index (χ4v) is 18.8. The molecule has 15 aromatic rings. The van der Waals surface area contributed by atoms with E-state index in [-0.39, 0.29) is 86.2 Å². The maximum Gasteiger partial charge on any atom is 0.181 e. The van der Waals surface area contributed by atoms with Gasteiger partial charge in [-0.3, -0.25) is 25.5 Å². The van der Waals surface area contributed by atoms with Crippen molar-refractivity contribution in [3.63, 3.8) is 0 Å². The minimum absolute atomic E-state index is 0.00402. The molecule has 15 N–H and O–H groups in total. The van der Waals surface area contributed by atoms with E-state index in [2.05, 4.69) is 127 Å². The Morgan fingerprint density at radius 2 is 0.601 bits per heavy atom. The van der Waals surface area contributed by atoms with Crippen LogP contribution in [-0.4, -0.2) is 283 Å². The van der Waals surface area contributed by atoms with E-state index >= 15 is 0 Å². The van der Waals surface area contributed by atoms with Crippen LogP contribution in [0.25, 0.3) is 112 Å². The van der Waals surface area contributed by atoms with E-state index < -0.39 is 74.5 Å². The fourth-order valence-electron chi connectivity index (χ4n) is 18.3. The van der Waals surface area contributed by atoms with E-state index in [0.29, 0.717) is 206 Å². The number of aromatic nitrogens is 20. The molecule has 20 heterocycles. The molecule has 0 radical (unpaired) electrons. The molecular weight excluding hydrogens is 1840 g/mol. The predicted octanol–water partition coefficient (Wildman–Crippen LogP) is 10.9. The van der Waals surface area contributed by atoms with Crippen LogP contribution in [0.4, 0.5) is 64.2 Å². The summed E-state index contributed by atoms with van der Waals surface area (Å²) < 4.78 is 117. The lowest BCUT2D eigenvalue weighted by atomic mass is 9.74. The molecular formula is C93H102Cl2F8N30O5. The van der Waals surface area contributed by atoms with Crippen LogP contribution in [0, 0.1) is 46.5 Å². The quantitative estimate of drug-likeness (QED) is 0.0377. The van der Waals surface area contributed by atoms with Crippen LogP contribution >= 0.6 is 23.2 Å². The van der Waals surface area contributed by atoms with Crippen molar-refractivity contribution in [2.45, 2.75) is 145 Å². The lowest BCUT2D eigenvalue weighted by Gasteiger charge is -2.48. The van der Waals surface area contributed by atoms with E-state index in [4.69, 9.17) is 23.2 Å². The Labute approximate surface area is 794 Å². The second-order valence-electron chi connectivity index (χ2n) is 36.4. The highest BCUT2D eigenvalue weighted by Crippen LogP contribution is 2.44. The van der Waals surface area contributed by atoms with E-state index in [1.54, 1.807) is 122 Å². The molecule has 5 saturated heterocycles. The molecule has 0 spiro atoms. The average Bonchev–Trinajstić information content (AvgIpc) is 1.18. The van der Waals surface area contributed by atoms with Gasteiger partial charge in [-0.15, -0.1) is 0 Å². The lowest BCUT2D eigenvalue weighted by molar-refractivity contribution is -0.0650. The summed E-state index contributed by atoms with van der Waals surface area (Å²) in [5, 5.41) is 107. The van der Waals surface area contributed by atoms with E-state index in [1.165, 1.54) is 12.1 Å². The Kier molecular flexibility index (Phi) is 27.3. The molecule has 1 unspecified atom stereocenters. The molecule has 724 valence electrons. The van der Waals surface area contributed by atoms with Gasteiger partial charge in [0.05, 0.1) is 96.7 Å². The number of aromatic amines is 5. The van der Waals surface area contributed by atoms with Crippen molar-refractivity contribution < 1.29 is 60.7 Å². The molecule has 7 fully saturated rings. The normalized spacial score (nSPS) is 19.5. The van der Waals surface area contributed by atoms with Gasteiger partial charge in [0.1, 0.15) is 40.1 Å². The summed E-state index contributed by atoms with van der Waals surface area (Å²) >= 11 is 12.6. The van der Waals surface area contributed by atoms with Gasteiger partial charge in [0.25, 0.3) is 0 Å². The zero-order chi connectivity index (χ0) is 96.9. The van der Waals surface area contributed by atoms with Crippen LogP contribution in [0.2, 0.25) is 10.0 Å². The molecule has 35 nitrogen and oxygen atoms in total. The molecule has 0 bridgehead atoms. The molecule has 2 saturated carbocycles. The highest BCUT2D eigenvalue weighted by Gasteiger charge is 2.50. The number of hydrogen-bond donors (Lipinski definition) is 15. The number of pyridine rings is 10. The summed E-state index contributed by atoms with van der Waals surface area (Å²) in [6.45, 7) is 18.9. The first kappa shape index (κ1) is 95.8. The Morgan fingerprint density at radius 1 is 0.348 bits per heavy atom. The molecule has 0 amide bonds. The highest BCUT2D eigenvalue weighted by molar-refractivity contribution is 6.33. The van der Waals surface area contributed by atoms with Gasteiger partial charge in [0, 0.05) is 174 Å². The van der Waals surface area contributed by atoms with E-state index in [0.717, 1.165) is 50.3 Å². The Balaban J connectivity index is 0.000000115. The molecule has 5 aliphatic heterocycles. The third kappa shape index (κ3) is 19.7. The van der Waals surface area contributed by atoms with Crippen LogP contribution < -0.4 is 51.1 Å². The van der Waals surface area contributed by atoms with Crippen molar-refractivity contribution in [1.82, 2.24) is 127 Å². The van der Waals surface area contributed by atoms with Gasteiger partial charge < -0.3 is 76.6 Å². The van der Waals surface area contributed by atoms with Crippen molar-refractivity contribution in [2.75, 3.05) is 123 Å². The molecule has 7 aliphatic rings. The number of aliphatic hydroxyl groups is 5. The van der Waals surface area contributed by atoms with Crippen LogP contribution in [0.15, 0.2) is 122 Å². The first-order chi connectivity index (χ1) is 66.2. The van der Waals surface area contributed by atoms with E-state index in [1.807, 2.05) is 35.8 Å². The first-order valence-electron chi connectivity index (χ1n) is 45.6. The number of anilines is 5. The summed E-state index contributed by atoms with van der Waals surface area (Å²) in [7, 11) is 0. The van der Waals surface area contributed by atoms with Crippen molar-refractivity contribution in [3.05, 3.63) is 179 Å². The minimum Gasteiger partial charge on any atom is -0.389 e. The van der Waals surface area contributed by atoms with Gasteiger partial charge in [0.2, 0.25) is 0 Å². The molecule has 2 aliphatic carbocycles. The monoisotopic (exact) mass is 1940 g/mol. The number of rotatable bonds is 17. The molecule has 45 heteroatoms. The Bertz CT molecular complexity index is 6560. The lowest BCUT2D eigenvalue weighted by Crippen LogP contribution is -2.64. The summed E-state index contributed by atoms with van der Waals surface area (Å²) in [4.78, 5) is 51.9. The molecule has 138 heavy (non-hydrogen) atoms. The minimum atomic E-state index is -0.983. The van der Waals surface area contributed by atoms with Crippen LogP contribution in [0.5, 0.6) is 0 Å². The van der Waals surface area contributed by atoms with Gasteiger partial charge in [-0.25, -0.2) is 85.0 Å². The zero-order valence-corrected chi connectivity index (χ0v) is 77.5. The van der Waals surface area contributed by atoms with Crippen molar-refractivity contribution >= 4 is 107 Å². The summed E-state index contributed by atoms with van der Waals surface area (Å²) in [6.07, 6.45) is 13.2. The summed E-state index contributed by atoms with van der Waals surface area (Å²) in [5.74, 6) is -4.38. The number of H-pyrrole nitrogens is 5. The number of piperazine rings is 5. The predicted molar refractivity (Wildman–Crippen MR) is 506 cm³/mol. The van der Waals surface area contributed by atoms with Crippen molar-refractivity contribution in [1.29, 1.82) is 0 Å². The highest BCUT2D eigenvalue weighted by atomic mass is 35.5. The first-order valence-corrected chi connectivity index (χ1v) is 46.3. The topological polar surface area (TPSA) is 450 Å². The second kappa shape index (κ2) is 39.4.